The number of amides is 1. The Balaban J connectivity index is 1.33. The molecule has 2 aromatic rings. The van der Waals surface area contributed by atoms with E-state index in [1.165, 1.54) is 11.1 Å². The fourth-order valence-electron chi connectivity index (χ4n) is 4.06. The second-order valence-electron chi connectivity index (χ2n) is 7.42. The van der Waals surface area contributed by atoms with Crippen LogP contribution < -0.4 is 0 Å². The lowest BCUT2D eigenvalue weighted by atomic mass is 9.97. The number of hydrogen-bond acceptors (Lipinski definition) is 4. The number of benzene rings is 1. The predicted octanol–water partition coefficient (Wildman–Crippen LogP) is 1.50. The van der Waals surface area contributed by atoms with Crippen LogP contribution in [0, 0.1) is 5.92 Å². The quantitative estimate of drug-likeness (QED) is 0.907. The molecule has 0 spiro atoms. The van der Waals surface area contributed by atoms with Crippen molar-refractivity contribution in [3.8, 4) is 0 Å². The number of β-amino-alcohol motifs (C(OH)–C–C–N with tert-alkyl or cyclic N) is 1. The molecule has 0 saturated carbocycles. The van der Waals surface area contributed by atoms with Gasteiger partial charge in [0.2, 0.25) is 5.91 Å². The first-order valence-corrected chi connectivity index (χ1v) is 9.33. The summed E-state index contributed by atoms with van der Waals surface area (Å²) in [5.74, 6) is 0.226. The number of fused-ring (bicyclic) bond motifs is 1. The van der Waals surface area contributed by atoms with Gasteiger partial charge in [0.1, 0.15) is 0 Å². The number of aromatic nitrogens is 1. The van der Waals surface area contributed by atoms with Gasteiger partial charge in [-0.15, -0.1) is 0 Å². The molecule has 1 N–H and O–H groups in total. The minimum absolute atomic E-state index is 0.100. The standard InChI is InChI=1S/C21H25N3O2/c25-20-14-24(13-19(20)11-16-5-8-22-9-6-16)21(26)15-23-10-7-17-3-1-2-4-18(17)12-23/h1-6,8-9,19-20,25H,7,10-15H2/t19-,20+/m1/s1. The second kappa shape index (κ2) is 7.56. The van der Waals surface area contributed by atoms with E-state index in [1.54, 1.807) is 12.4 Å². The highest BCUT2D eigenvalue weighted by atomic mass is 16.3. The zero-order valence-corrected chi connectivity index (χ0v) is 14.9. The summed E-state index contributed by atoms with van der Waals surface area (Å²) in [5.41, 5.74) is 3.87. The Hall–Kier alpha value is -2.24. The molecule has 1 fully saturated rings. The molecule has 4 rings (SSSR count). The molecule has 1 aromatic heterocycles. The van der Waals surface area contributed by atoms with Gasteiger partial charge in [0.15, 0.2) is 0 Å². The minimum atomic E-state index is -0.450. The Labute approximate surface area is 154 Å². The van der Waals surface area contributed by atoms with Crippen LogP contribution in [0.1, 0.15) is 16.7 Å². The van der Waals surface area contributed by atoms with Crippen molar-refractivity contribution in [3.05, 3.63) is 65.5 Å². The molecule has 5 nitrogen and oxygen atoms in total. The lowest BCUT2D eigenvalue weighted by Gasteiger charge is -2.29. The normalized spacial score (nSPS) is 23.0. The third-order valence-corrected chi connectivity index (χ3v) is 5.58. The molecule has 2 aliphatic rings. The molecular formula is C21H25N3O2. The van der Waals surface area contributed by atoms with Crippen molar-refractivity contribution in [1.29, 1.82) is 0 Å². The van der Waals surface area contributed by atoms with Crippen molar-refractivity contribution >= 4 is 5.91 Å². The largest absolute Gasteiger partial charge is 0.391 e. The van der Waals surface area contributed by atoms with Gasteiger partial charge in [0.05, 0.1) is 12.6 Å². The first-order chi connectivity index (χ1) is 12.7. The van der Waals surface area contributed by atoms with E-state index in [2.05, 4.69) is 34.1 Å². The van der Waals surface area contributed by atoms with Crippen molar-refractivity contribution in [2.75, 3.05) is 26.2 Å². The van der Waals surface area contributed by atoms with Crippen LogP contribution in [0.5, 0.6) is 0 Å². The number of carbonyl (C=O) groups excluding carboxylic acids is 1. The van der Waals surface area contributed by atoms with E-state index in [4.69, 9.17) is 0 Å². The SMILES string of the molecule is O=C(CN1CCc2ccccc2C1)N1C[C@@H](Cc2ccncc2)[C@@H](O)C1. The Morgan fingerprint density at radius 1 is 1.12 bits per heavy atom. The van der Waals surface area contributed by atoms with Crippen molar-refractivity contribution in [1.82, 2.24) is 14.8 Å². The van der Waals surface area contributed by atoms with Crippen LogP contribution in [-0.4, -0.2) is 58.1 Å². The van der Waals surface area contributed by atoms with Gasteiger partial charge in [-0.1, -0.05) is 24.3 Å². The summed E-state index contributed by atoms with van der Waals surface area (Å²) in [6.07, 6.45) is 4.87. The van der Waals surface area contributed by atoms with Gasteiger partial charge in [-0.3, -0.25) is 14.7 Å². The summed E-state index contributed by atoms with van der Waals surface area (Å²) in [6, 6.07) is 12.4. The van der Waals surface area contributed by atoms with Crippen molar-refractivity contribution in [2.24, 2.45) is 5.92 Å². The van der Waals surface area contributed by atoms with E-state index in [9.17, 15) is 9.90 Å². The topological polar surface area (TPSA) is 56.7 Å². The van der Waals surface area contributed by atoms with Crippen LogP contribution in [0.15, 0.2) is 48.8 Å². The third kappa shape index (κ3) is 3.79. The van der Waals surface area contributed by atoms with Crippen molar-refractivity contribution < 1.29 is 9.90 Å². The first-order valence-electron chi connectivity index (χ1n) is 9.33. The van der Waals surface area contributed by atoms with Crippen molar-refractivity contribution in [2.45, 2.75) is 25.5 Å². The lowest BCUT2D eigenvalue weighted by molar-refractivity contribution is -0.132. The summed E-state index contributed by atoms with van der Waals surface area (Å²) in [7, 11) is 0. The highest BCUT2D eigenvalue weighted by Crippen LogP contribution is 2.23. The molecule has 0 unspecified atom stereocenters. The molecule has 5 heteroatoms. The number of aliphatic hydroxyl groups excluding tert-OH is 1. The maximum Gasteiger partial charge on any atom is 0.236 e. The molecule has 1 amide bonds. The molecular weight excluding hydrogens is 326 g/mol. The van der Waals surface area contributed by atoms with Gasteiger partial charge in [0, 0.05) is 44.5 Å². The average Bonchev–Trinajstić information content (AvgIpc) is 3.03. The summed E-state index contributed by atoms with van der Waals surface area (Å²) < 4.78 is 0. The fraction of sp³-hybridized carbons (Fsp3) is 0.429. The van der Waals surface area contributed by atoms with E-state index in [1.807, 2.05) is 17.0 Å². The van der Waals surface area contributed by atoms with E-state index < -0.39 is 6.10 Å². The first kappa shape index (κ1) is 17.2. The molecule has 1 saturated heterocycles. The molecule has 2 atom stereocenters. The van der Waals surface area contributed by atoms with Crippen LogP contribution in [0.4, 0.5) is 0 Å². The predicted molar refractivity (Wildman–Crippen MR) is 99.4 cm³/mol. The van der Waals surface area contributed by atoms with Gasteiger partial charge in [-0.2, -0.15) is 0 Å². The number of nitrogens with zero attached hydrogens (tertiary/aromatic N) is 3. The highest BCUT2D eigenvalue weighted by Gasteiger charge is 2.34. The van der Waals surface area contributed by atoms with Crippen LogP contribution in [0.2, 0.25) is 0 Å². The average molecular weight is 351 g/mol. The highest BCUT2D eigenvalue weighted by molar-refractivity contribution is 5.78. The molecule has 0 radical (unpaired) electrons. The molecule has 0 aliphatic carbocycles. The Bertz CT molecular complexity index is 765. The molecule has 2 aliphatic heterocycles. The van der Waals surface area contributed by atoms with Gasteiger partial charge in [0.25, 0.3) is 0 Å². The second-order valence-corrected chi connectivity index (χ2v) is 7.42. The monoisotopic (exact) mass is 351 g/mol. The minimum Gasteiger partial charge on any atom is -0.391 e. The number of hydrogen-bond donors (Lipinski definition) is 1. The number of likely N-dealkylation sites (tertiary alicyclic amines) is 1. The summed E-state index contributed by atoms with van der Waals surface area (Å²) in [5, 5.41) is 10.4. The van der Waals surface area contributed by atoms with Gasteiger partial charge in [-0.05, 0) is 41.7 Å². The van der Waals surface area contributed by atoms with Crippen LogP contribution in [0.3, 0.4) is 0 Å². The maximum absolute atomic E-state index is 12.7. The van der Waals surface area contributed by atoms with Gasteiger partial charge >= 0.3 is 0 Å². The van der Waals surface area contributed by atoms with E-state index in [0.29, 0.717) is 19.6 Å². The zero-order valence-electron chi connectivity index (χ0n) is 14.9. The molecule has 0 bridgehead atoms. The smallest absolute Gasteiger partial charge is 0.236 e. The Morgan fingerprint density at radius 2 is 1.88 bits per heavy atom. The number of carbonyl (C=O) groups is 1. The summed E-state index contributed by atoms with van der Waals surface area (Å²) in [4.78, 5) is 20.8. The van der Waals surface area contributed by atoms with E-state index in [-0.39, 0.29) is 11.8 Å². The Morgan fingerprint density at radius 3 is 2.69 bits per heavy atom. The lowest BCUT2D eigenvalue weighted by Crippen LogP contribution is -2.41. The fourth-order valence-corrected chi connectivity index (χ4v) is 4.06. The molecule has 26 heavy (non-hydrogen) atoms. The maximum atomic E-state index is 12.7. The van der Waals surface area contributed by atoms with E-state index >= 15 is 0 Å². The number of rotatable bonds is 4. The molecule has 136 valence electrons. The van der Waals surface area contributed by atoms with E-state index in [0.717, 1.165) is 31.5 Å². The summed E-state index contributed by atoms with van der Waals surface area (Å²) >= 11 is 0. The van der Waals surface area contributed by atoms with Crippen LogP contribution in [-0.2, 0) is 24.2 Å². The Kier molecular flexibility index (Phi) is 5.00. The van der Waals surface area contributed by atoms with Gasteiger partial charge < -0.3 is 10.0 Å². The van der Waals surface area contributed by atoms with Gasteiger partial charge in [-0.25, -0.2) is 0 Å². The summed E-state index contributed by atoms with van der Waals surface area (Å²) in [6.45, 7) is 3.26. The van der Waals surface area contributed by atoms with Crippen LogP contribution in [0.25, 0.3) is 0 Å². The number of pyridine rings is 1. The zero-order chi connectivity index (χ0) is 17.9. The molecule has 3 heterocycles. The number of aliphatic hydroxyl groups is 1. The molecule has 1 aromatic carbocycles. The van der Waals surface area contributed by atoms with Crippen LogP contribution >= 0.6 is 0 Å². The van der Waals surface area contributed by atoms with Crippen molar-refractivity contribution in [3.63, 3.8) is 0 Å². The third-order valence-electron chi connectivity index (χ3n) is 5.58.